The molecule has 41 heavy (non-hydrogen) atoms. The van der Waals surface area contributed by atoms with Crippen LogP contribution >= 0.6 is 11.6 Å². The maximum absolute atomic E-state index is 14.1. The average molecular weight is 602 g/mol. The quantitative estimate of drug-likeness (QED) is 0.296. The summed E-state index contributed by atoms with van der Waals surface area (Å²) in [5.74, 6) is -0.149. The van der Waals surface area contributed by atoms with Crippen molar-refractivity contribution in [3.05, 3.63) is 88.9 Å². The fourth-order valence-electron chi connectivity index (χ4n) is 4.30. The van der Waals surface area contributed by atoms with Crippen LogP contribution in [-0.4, -0.2) is 64.7 Å². The summed E-state index contributed by atoms with van der Waals surface area (Å²) < 4.78 is 37.6. The maximum Gasteiger partial charge on any atom is 0.244 e. The molecule has 0 spiro atoms. The van der Waals surface area contributed by atoms with E-state index in [1.165, 1.54) is 31.3 Å². The Kier molecular flexibility index (Phi) is 11.4. The van der Waals surface area contributed by atoms with E-state index in [0.717, 1.165) is 28.1 Å². The molecule has 0 bridgehead atoms. The number of nitrogens with one attached hydrogen (secondary N) is 1. The topological polar surface area (TPSA) is 105 Å². The molecule has 0 aliphatic rings. The molecule has 3 rings (SSSR count). The van der Waals surface area contributed by atoms with Gasteiger partial charge < -0.3 is 19.7 Å². The van der Waals surface area contributed by atoms with Crippen LogP contribution in [0.4, 0.5) is 5.69 Å². The van der Waals surface area contributed by atoms with Crippen LogP contribution in [0.25, 0.3) is 0 Å². The number of nitrogens with zero attached hydrogens (tertiary/aromatic N) is 2. The molecular weight excluding hydrogens is 566 g/mol. The minimum absolute atomic E-state index is 0.0661. The molecule has 0 heterocycles. The van der Waals surface area contributed by atoms with Gasteiger partial charge in [-0.2, -0.15) is 0 Å². The summed E-state index contributed by atoms with van der Waals surface area (Å²) >= 11 is 6.08. The molecule has 0 fully saturated rings. The van der Waals surface area contributed by atoms with Crippen molar-refractivity contribution in [1.29, 1.82) is 0 Å². The summed E-state index contributed by atoms with van der Waals surface area (Å²) in [7, 11) is -1.01. The average Bonchev–Trinajstić information content (AvgIpc) is 2.96. The number of methoxy groups -OCH3 is 2. The van der Waals surface area contributed by atoms with E-state index in [-0.39, 0.29) is 24.6 Å². The maximum atomic E-state index is 14.1. The van der Waals surface area contributed by atoms with Crippen molar-refractivity contribution in [2.75, 3.05) is 37.9 Å². The highest BCUT2D eigenvalue weighted by Gasteiger charge is 2.33. The predicted molar refractivity (Wildman–Crippen MR) is 161 cm³/mol. The van der Waals surface area contributed by atoms with Crippen molar-refractivity contribution < 1.29 is 27.5 Å². The Bertz CT molecular complexity index is 1420. The van der Waals surface area contributed by atoms with Gasteiger partial charge in [-0.05, 0) is 41.8 Å². The van der Waals surface area contributed by atoms with Gasteiger partial charge >= 0.3 is 0 Å². The smallest absolute Gasteiger partial charge is 0.244 e. The van der Waals surface area contributed by atoms with Crippen molar-refractivity contribution in [2.24, 2.45) is 0 Å². The van der Waals surface area contributed by atoms with Gasteiger partial charge in [-0.3, -0.25) is 13.9 Å². The van der Waals surface area contributed by atoms with Gasteiger partial charge in [0.1, 0.15) is 12.6 Å². The lowest BCUT2D eigenvalue weighted by molar-refractivity contribution is -0.140. The number of hydrogen-bond donors (Lipinski definition) is 1. The predicted octanol–water partition coefficient (Wildman–Crippen LogP) is 4.29. The number of carbonyl (C=O) groups is 2. The summed E-state index contributed by atoms with van der Waals surface area (Å²) in [4.78, 5) is 29.0. The fourth-order valence-corrected chi connectivity index (χ4v) is 5.27. The van der Waals surface area contributed by atoms with Gasteiger partial charge in [0.2, 0.25) is 21.8 Å². The normalized spacial score (nSPS) is 11.8. The van der Waals surface area contributed by atoms with Crippen LogP contribution in [0.1, 0.15) is 24.5 Å². The molecule has 3 aromatic carbocycles. The highest BCUT2D eigenvalue weighted by atomic mass is 35.5. The van der Waals surface area contributed by atoms with E-state index in [4.69, 9.17) is 21.1 Å². The second-order valence-electron chi connectivity index (χ2n) is 9.45. The van der Waals surface area contributed by atoms with Crippen LogP contribution in [0.5, 0.6) is 11.5 Å². The number of rotatable bonds is 14. The number of ether oxygens (including phenoxy) is 2. The molecule has 0 saturated heterocycles. The van der Waals surface area contributed by atoms with E-state index in [9.17, 15) is 18.0 Å². The Hall–Kier alpha value is -3.76. The van der Waals surface area contributed by atoms with Crippen LogP contribution in [0.2, 0.25) is 5.02 Å². The highest BCUT2D eigenvalue weighted by Crippen LogP contribution is 2.32. The van der Waals surface area contributed by atoms with Gasteiger partial charge in [0.15, 0.2) is 11.5 Å². The van der Waals surface area contributed by atoms with Gasteiger partial charge in [0, 0.05) is 30.6 Å². The van der Waals surface area contributed by atoms with Crippen LogP contribution in [0.15, 0.2) is 72.8 Å². The largest absolute Gasteiger partial charge is 0.493 e. The molecule has 2 amide bonds. The molecule has 0 aliphatic carbocycles. The van der Waals surface area contributed by atoms with Crippen LogP contribution < -0.4 is 19.1 Å². The van der Waals surface area contributed by atoms with E-state index in [0.29, 0.717) is 23.1 Å². The molecule has 1 unspecified atom stereocenters. The lowest BCUT2D eigenvalue weighted by Gasteiger charge is -2.33. The molecule has 1 N–H and O–H groups in total. The zero-order valence-corrected chi connectivity index (χ0v) is 25.2. The highest BCUT2D eigenvalue weighted by molar-refractivity contribution is 7.92. The van der Waals surface area contributed by atoms with Gasteiger partial charge in [-0.1, -0.05) is 61.0 Å². The van der Waals surface area contributed by atoms with Gasteiger partial charge in [-0.25, -0.2) is 8.42 Å². The van der Waals surface area contributed by atoms with E-state index < -0.39 is 28.5 Å². The van der Waals surface area contributed by atoms with Crippen LogP contribution in [0, 0.1) is 0 Å². The van der Waals surface area contributed by atoms with E-state index in [1.54, 1.807) is 30.3 Å². The van der Waals surface area contributed by atoms with Crippen molar-refractivity contribution in [3.63, 3.8) is 0 Å². The summed E-state index contributed by atoms with van der Waals surface area (Å²) in [6.07, 6.45) is 1.98. The standard InChI is InChI=1S/C30H36ClN3O6S/c1-5-17-32-30(36)26(18-22-9-7-6-8-10-22)33(20-23-11-13-24(31)14-12-23)29(35)21-34(41(4,37)38)25-15-16-27(39-2)28(19-25)40-3/h6-16,19,26H,5,17-18,20-21H2,1-4H3,(H,32,36). The molecule has 0 aromatic heterocycles. The van der Waals surface area contributed by atoms with Crippen molar-refractivity contribution >= 4 is 39.1 Å². The van der Waals surface area contributed by atoms with E-state index >= 15 is 0 Å². The second kappa shape index (κ2) is 14.7. The molecule has 11 heteroatoms. The molecule has 220 valence electrons. The number of carbonyl (C=O) groups excluding carboxylic acids is 2. The van der Waals surface area contributed by atoms with Gasteiger partial charge in [0.25, 0.3) is 0 Å². The SMILES string of the molecule is CCCNC(=O)C(Cc1ccccc1)N(Cc1ccc(Cl)cc1)C(=O)CN(c1ccc(OC)c(OC)c1)S(C)(=O)=O. The fraction of sp³-hybridized carbons (Fsp3) is 0.333. The number of halogens is 1. The Labute approximate surface area is 247 Å². The van der Waals surface area contributed by atoms with Crippen molar-refractivity contribution in [2.45, 2.75) is 32.4 Å². The minimum atomic E-state index is -3.92. The number of hydrogen-bond acceptors (Lipinski definition) is 6. The Balaban J connectivity index is 2.05. The molecule has 1 atom stereocenters. The lowest BCUT2D eigenvalue weighted by atomic mass is 10.0. The zero-order valence-electron chi connectivity index (χ0n) is 23.7. The summed E-state index contributed by atoms with van der Waals surface area (Å²) in [6.45, 7) is 1.91. The van der Waals surface area contributed by atoms with E-state index in [2.05, 4.69) is 5.32 Å². The number of sulfonamides is 1. The Morgan fingerprint density at radius 2 is 1.59 bits per heavy atom. The molecule has 3 aromatic rings. The third-order valence-electron chi connectivity index (χ3n) is 6.42. The molecule has 9 nitrogen and oxygen atoms in total. The van der Waals surface area contributed by atoms with Gasteiger partial charge in [0.05, 0.1) is 26.2 Å². The first-order chi connectivity index (χ1) is 19.6. The molecule has 0 radical (unpaired) electrons. The minimum Gasteiger partial charge on any atom is -0.493 e. The zero-order chi connectivity index (χ0) is 30.0. The first-order valence-corrected chi connectivity index (χ1v) is 15.3. The molecule has 0 saturated carbocycles. The Morgan fingerprint density at radius 1 is 0.927 bits per heavy atom. The monoisotopic (exact) mass is 601 g/mol. The number of benzene rings is 3. The number of amides is 2. The van der Waals surface area contributed by atoms with E-state index in [1.807, 2.05) is 37.3 Å². The number of anilines is 1. The molecule has 0 aliphatic heterocycles. The van der Waals surface area contributed by atoms with Crippen LogP contribution in [-0.2, 0) is 32.6 Å². The second-order valence-corrected chi connectivity index (χ2v) is 11.8. The molecular formula is C30H36ClN3O6S. The summed E-state index contributed by atoms with van der Waals surface area (Å²) in [6, 6.07) is 20.0. The van der Waals surface area contributed by atoms with Gasteiger partial charge in [-0.15, -0.1) is 0 Å². The van der Waals surface area contributed by atoms with Crippen molar-refractivity contribution in [1.82, 2.24) is 10.2 Å². The first kappa shape index (κ1) is 31.8. The van der Waals surface area contributed by atoms with Crippen molar-refractivity contribution in [3.8, 4) is 11.5 Å². The third kappa shape index (κ3) is 8.86. The summed E-state index contributed by atoms with van der Waals surface area (Å²) in [5.41, 5.74) is 1.82. The van der Waals surface area contributed by atoms with Crippen LogP contribution in [0.3, 0.4) is 0 Å². The first-order valence-electron chi connectivity index (χ1n) is 13.1. The summed E-state index contributed by atoms with van der Waals surface area (Å²) in [5, 5.41) is 3.44. The third-order valence-corrected chi connectivity index (χ3v) is 7.81. The lowest BCUT2D eigenvalue weighted by Crippen LogP contribution is -2.53. The Morgan fingerprint density at radius 3 is 2.17 bits per heavy atom.